The minimum Gasteiger partial charge on any atom is -0.490 e. The predicted molar refractivity (Wildman–Crippen MR) is 276 cm³/mol. The summed E-state index contributed by atoms with van der Waals surface area (Å²) in [4.78, 5) is 50.2. The van der Waals surface area contributed by atoms with Crippen molar-refractivity contribution in [2.75, 3.05) is 65.5 Å². The highest BCUT2D eigenvalue weighted by Gasteiger charge is 2.65. The second kappa shape index (κ2) is 27.8. The van der Waals surface area contributed by atoms with E-state index in [1.54, 1.807) is 14.0 Å². The second-order valence-electron chi connectivity index (χ2n) is 20.9. The summed E-state index contributed by atoms with van der Waals surface area (Å²) in [6.07, 6.45) is 6.37. The van der Waals surface area contributed by atoms with E-state index in [4.69, 9.17) is 28.4 Å². The number of amides is 5. The number of carbonyl (C=O) groups excluding carboxylic acids is 4. The number of urea groups is 1. The molecule has 0 radical (unpaired) electrons. The highest BCUT2D eigenvalue weighted by atomic mass is 32.2. The number of fused-ring (bicyclic) bond motifs is 1. The van der Waals surface area contributed by atoms with Gasteiger partial charge in [-0.05, 0) is 88.8 Å². The average Bonchev–Trinajstić information content (AvgIpc) is 4.23. The number of aliphatic hydroxyl groups excluding tert-OH is 1. The van der Waals surface area contributed by atoms with Crippen LogP contribution in [0.1, 0.15) is 115 Å². The maximum absolute atomic E-state index is 13.9. The molecule has 12 atom stereocenters. The number of alkyl halides is 3. The lowest BCUT2D eigenvalue weighted by Crippen LogP contribution is -2.38. The number of ether oxygens (including phenoxy) is 6. The molecule has 0 spiro atoms. The number of epoxide rings is 1. The van der Waals surface area contributed by atoms with Gasteiger partial charge in [-0.1, -0.05) is 51.5 Å². The maximum Gasteiger partial charge on any atom is 0.442 e. The van der Waals surface area contributed by atoms with Gasteiger partial charge in [-0.3, -0.25) is 14.4 Å². The molecule has 5 aliphatic heterocycles. The lowest BCUT2D eigenvalue weighted by atomic mass is 9.85. The Balaban J connectivity index is 0.846. The van der Waals surface area contributed by atoms with Crippen molar-refractivity contribution in [2.45, 2.75) is 165 Å². The largest absolute Gasteiger partial charge is 0.490 e. The van der Waals surface area contributed by atoms with E-state index < -0.39 is 23.9 Å². The van der Waals surface area contributed by atoms with Crippen LogP contribution in [0.25, 0.3) is 0 Å². The number of methoxy groups -OCH3 is 1. The highest BCUT2D eigenvalue weighted by molar-refractivity contribution is 8.00. The van der Waals surface area contributed by atoms with Crippen molar-refractivity contribution >= 4 is 35.5 Å². The Morgan fingerprint density at radius 2 is 1.69 bits per heavy atom. The van der Waals surface area contributed by atoms with Crippen LogP contribution in [-0.2, 0) is 38.9 Å². The van der Waals surface area contributed by atoms with Gasteiger partial charge < -0.3 is 60.1 Å². The minimum atomic E-state index is -4.78. The quantitative estimate of drug-likeness (QED) is 0.0193. The fourth-order valence-corrected chi connectivity index (χ4v) is 12.1. The predicted octanol–water partition coefficient (Wildman–Crippen LogP) is 6.65. The summed E-state index contributed by atoms with van der Waals surface area (Å²) in [5.41, 5.74) is -2.18. The molecule has 0 aromatic heterocycles. The number of rotatable bonds is 32. The number of allylic oxidation sites excluding steroid dienone is 3. The van der Waals surface area contributed by atoms with Crippen molar-refractivity contribution in [3.05, 3.63) is 53.1 Å². The third kappa shape index (κ3) is 17.1. The van der Waals surface area contributed by atoms with E-state index in [0.29, 0.717) is 24.6 Å². The number of nitrogens with zero attached hydrogens (tertiary/aromatic N) is 2. The third-order valence-electron chi connectivity index (χ3n) is 14.7. The molecule has 6 rings (SSSR count). The highest BCUT2D eigenvalue weighted by Crippen LogP contribution is 2.53. The summed E-state index contributed by atoms with van der Waals surface area (Å²) in [6.45, 7) is 13.7. The van der Waals surface area contributed by atoms with Crippen LogP contribution in [0.5, 0.6) is 5.75 Å². The first-order valence-electron chi connectivity index (χ1n) is 26.6. The number of hydrogen-bond acceptors (Lipinski definition) is 14. The summed E-state index contributed by atoms with van der Waals surface area (Å²) in [7, 11) is 1.61. The Bertz CT molecular complexity index is 2160. The van der Waals surface area contributed by atoms with Gasteiger partial charge in [0.05, 0.1) is 86.6 Å². The first kappa shape index (κ1) is 59.9. The van der Waals surface area contributed by atoms with Gasteiger partial charge in [0.15, 0.2) is 0 Å². The van der Waals surface area contributed by atoms with Gasteiger partial charge >= 0.3 is 17.9 Å². The van der Waals surface area contributed by atoms with Crippen molar-refractivity contribution in [1.29, 1.82) is 0 Å². The summed E-state index contributed by atoms with van der Waals surface area (Å²) in [5.74, 6) is 0.603. The molecule has 4 unspecified atom stereocenters. The normalized spacial score (nSPS) is 27.4. The molecule has 4 fully saturated rings. The van der Waals surface area contributed by atoms with Gasteiger partial charge in [0.1, 0.15) is 12.4 Å². The SMILES string of the molecule is COC(C(C)O)C(C)[C@H]1O[C@]1(C)CC(C)/C=C/C=C(\C)[C@H]1O[C@@H](CC(=O)NCCCNC(=O)c2ccc(C3(C(F)(F)F)N=N3)cc2OCCOCCOCCNC(=O)CCCC[C@@H]2SC[C@@H]3NC(=O)N[C@@H]32)CC[C@@H]1C. The van der Waals surface area contributed by atoms with Gasteiger partial charge in [0.25, 0.3) is 5.91 Å². The molecule has 1 aromatic rings. The van der Waals surface area contributed by atoms with E-state index in [-0.39, 0.29) is 147 Å². The summed E-state index contributed by atoms with van der Waals surface area (Å²) >= 11 is 1.85. The summed E-state index contributed by atoms with van der Waals surface area (Å²) in [5, 5.41) is 31.5. The number of benzene rings is 1. The van der Waals surface area contributed by atoms with E-state index in [2.05, 4.69) is 82.7 Å². The van der Waals surface area contributed by atoms with E-state index in [9.17, 15) is 37.5 Å². The topological polar surface area (TPSA) is 232 Å². The lowest BCUT2D eigenvalue weighted by molar-refractivity contribution is -0.166. The zero-order valence-corrected chi connectivity index (χ0v) is 45.3. The van der Waals surface area contributed by atoms with Crippen molar-refractivity contribution in [1.82, 2.24) is 26.6 Å². The van der Waals surface area contributed by atoms with E-state index in [0.717, 1.165) is 62.0 Å². The molecular weight excluding hydrogens is 1000 g/mol. The fraction of sp³-hybridized carbons (Fsp3) is 0.736. The van der Waals surface area contributed by atoms with Crippen LogP contribution in [0.4, 0.5) is 18.0 Å². The monoisotopic (exact) mass is 1080 g/mol. The standard InChI is InChI=1S/C53H80F3N7O11S/c1-32(30-51(6)48(74-51)35(4)47(69-7)36(5)64)12-10-13-33(2)46-34(3)16-18-38(73-46)29-44(66)57-20-11-21-59-49(67)39-19-17-37(52(62-63-52)53(54,55)56)28-41(39)72-27-26-71-25-24-70-23-22-58-43(65)15-9-8-14-42-45-40(31-75-42)60-50(68)61-45/h10,12-13,17,19,28,32,34-36,38,40,42,45-48,64H,8-9,11,14-16,18,20-27,29-31H2,1-7H3,(H,57,66)(H,58,65)(H,59,67)(H2,60,61,68)/b12-10+,33-13+/t32?,34-,35?,36?,38+,40-,42-,45-,46+,47?,48+,51+/m0/s1. The number of carbonyl (C=O) groups is 4. The Morgan fingerprint density at radius 3 is 2.41 bits per heavy atom. The first-order chi connectivity index (χ1) is 35.7. The molecule has 22 heteroatoms. The third-order valence-corrected chi connectivity index (χ3v) is 16.2. The van der Waals surface area contributed by atoms with Gasteiger partial charge in [-0.25, -0.2) is 4.79 Å². The van der Waals surface area contributed by atoms with Gasteiger partial charge in [0.2, 0.25) is 11.8 Å². The smallest absolute Gasteiger partial charge is 0.442 e. The van der Waals surface area contributed by atoms with Gasteiger partial charge in [-0.2, -0.15) is 24.9 Å². The van der Waals surface area contributed by atoms with Crippen LogP contribution in [-0.4, -0.2) is 154 Å². The van der Waals surface area contributed by atoms with Crippen molar-refractivity contribution in [2.24, 2.45) is 28.0 Å². The number of hydrogen-bond donors (Lipinski definition) is 6. The Kier molecular flexibility index (Phi) is 22.2. The van der Waals surface area contributed by atoms with Crippen LogP contribution in [0.2, 0.25) is 0 Å². The zero-order chi connectivity index (χ0) is 54.3. The number of aliphatic hydroxyl groups is 1. The van der Waals surface area contributed by atoms with Crippen LogP contribution >= 0.6 is 11.8 Å². The molecule has 4 saturated heterocycles. The van der Waals surface area contributed by atoms with Crippen molar-refractivity contribution in [3.63, 3.8) is 0 Å². The Labute approximate surface area is 443 Å². The maximum atomic E-state index is 13.9. The van der Waals surface area contributed by atoms with Crippen LogP contribution in [0, 0.1) is 17.8 Å². The number of unbranched alkanes of at least 4 members (excludes halogenated alkanes) is 1. The Morgan fingerprint density at radius 1 is 0.973 bits per heavy atom. The van der Waals surface area contributed by atoms with Crippen LogP contribution in [0.15, 0.2) is 52.2 Å². The molecule has 6 N–H and O–H groups in total. The number of thioether (sulfide) groups is 1. The molecule has 0 saturated carbocycles. The molecule has 420 valence electrons. The molecule has 5 aliphatic rings. The number of halogens is 3. The number of nitrogens with one attached hydrogen (secondary N) is 5. The molecule has 0 aliphatic carbocycles. The van der Waals surface area contributed by atoms with E-state index in [1.807, 2.05) is 18.7 Å². The first-order valence-corrected chi connectivity index (χ1v) is 27.6. The van der Waals surface area contributed by atoms with Crippen molar-refractivity contribution < 1.29 is 65.9 Å². The van der Waals surface area contributed by atoms with E-state index in [1.165, 1.54) is 6.07 Å². The molecule has 0 bridgehead atoms. The molecule has 18 nitrogen and oxygen atoms in total. The minimum absolute atomic E-state index is 0.0114. The van der Waals surface area contributed by atoms with E-state index >= 15 is 0 Å². The van der Waals surface area contributed by atoms with Gasteiger partial charge in [0, 0.05) is 55.6 Å². The fourth-order valence-electron chi connectivity index (χ4n) is 10.6. The van der Waals surface area contributed by atoms with Crippen molar-refractivity contribution in [3.8, 4) is 5.75 Å². The summed E-state index contributed by atoms with van der Waals surface area (Å²) < 4.78 is 76.7. The molecule has 5 amide bonds. The average molecular weight is 1080 g/mol. The molecule has 75 heavy (non-hydrogen) atoms. The van der Waals surface area contributed by atoms with Gasteiger partial charge in [-0.15, -0.1) is 10.2 Å². The summed E-state index contributed by atoms with van der Waals surface area (Å²) in [6, 6.07) is 3.75. The lowest BCUT2D eigenvalue weighted by Gasteiger charge is -2.35. The Hall–Kier alpha value is -4.32. The molecular formula is C53H80F3N7O11S. The molecule has 1 aromatic carbocycles. The molecule has 5 heterocycles. The second-order valence-corrected chi connectivity index (χ2v) is 22.2. The zero-order valence-electron chi connectivity index (χ0n) is 44.5. The van der Waals surface area contributed by atoms with Crippen LogP contribution < -0.4 is 31.3 Å². The van der Waals surface area contributed by atoms with Crippen LogP contribution in [0.3, 0.4) is 0 Å².